The Morgan fingerprint density at radius 1 is 0.970 bits per heavy atom. The van der Waals surface area contributed by atoms with Crippen LogP contribution in [0.25, 0.3) is 0 Å². The Labute approximate surface area is 206 Å². The first-order chi connectivity index (χ1) is 16.0. The zero-order valence-electron chi connectivity index (χ0n) is 19.6. The molecule has 2 atom stereocenters. The van der Waals surface area contributed by atoms with Crippen molar-refractivity contribution in [3.05, 3.63) is 27.7 Å². The molecule has 180 valence electrons. The minimum atomic E-state index is 0.261. The number of anilines is 4. The van der Waals surface area contributed by atoms with Crippen LogP contribution in [0.1, 0.15) is 63.9 Å². The van der Waals surface area contributed by atoms with Crippen molar-refractivity contribution in [1.29, 1.82) is 0 Å². The van der Waals surface area contributed by atoms with Gasteiger partial charge in [-0.05, 0) is 69.2 Å². The van der Waals surface area contributed by atoms with Crippen molar-refractivity contribution in [2.75, 3.05) is 29.0 Å². The Morgan fingerprint density at radius 3 is 2.33 bits per heavy atom. The van der Waals surface area contributed by atoms with Gasteiger partial charge in [0, 0.05) is 34.4 Å². The number of rotatable bonds is 9. The molecule has 2 aliphatic rings. The molecule has 4 N–H and O–H groups in total. The van der Waals surface area contributed by atoms with E-state index in [-0.39, 0.29) is 6.04 Å². The van der Waals surface area contributed by atoms with Crippen molar-refractivity contribution < 1.29 is 0 Å². The summed E-state index contributed by atoms with van der Waals surface area (Å²) in [6.45, 7) is 6.04. The zero-order valence-corrected chi connectivity index (χ0v) is 21.1. The van der Waals surface area contributed by atoms with Gasteiger partial charge in [-0.3, -0.25) is 0 Å². The Hall–Kier alpha value is -1.83. The highest BCUT2D eigenvalue weighted by Crippen LogP contribution is 2.30. The lowest BCUT2D eigenvalue weighted by atomic mass is 9.89. The molecule has 4 rings (SSSR count). The van der Waals surface area contributed by atoms with Crippen LogP contribution in [0.15, 0.2) is 12.1 Å². The van der Waals surface area contributed by atoms with Crippen LogP contribution in [0.5, 0.6) is 0 Å². The molecular weight excluding hydrogens is 457 g/mol. The van der Waals surface area contributed by atoms with Crippen LogP contribution in [0.2, 0.25) is 10.0 Å². The van der Waals surface area contributed by atoms with E-state index in [1.807, 2.05) is 19.1 Å². The molecule has 1 aliphatic carbocycles. The van der Waals surface area contributed by atoms with Gasteiger partial charge >= 0.3 is 0 Å². The smallest absolute Gasteiger partial charge is 0.233 e. The van der Waals surface area contributed by atoms with Crippen molar-refractivity contribution in [3.63, 3.8) is 0 Å². The third-order valence-corrected chi connectivity index (χ3v) is 7.57. The molecule has 2 aromatic rings. The quantitative estimate of drug-likeness (QED) is 0.333. The second-order valence-electron chi connectivity index (χ2n) is 9.24. The number of halogens is 2. The molecule has 2 unspecified atom stereocenters. The van der Waals surface area contributed by atoms with E-state index < -0.39 is 0 Å². The van der Waals surface area contributed by atoms with Crippen molar-refractivity contribution in [3.8, 4) is 0 Å². The van der Waals surface area contributed by atoms with E-state index in [2.05, 4.69) is 38.2 Å². The lowest BCUT2D eigenvalue weighted by Crippen LogP contribution is -2.40. The molecule has 1 aromatic heterocycles. The van der Waals surface area contributed by atoms with Crippen molar-refractivity contribution in [2.45, 2.75) is 77.3 Å². The van der Waals surface area contributed by atoms with E-state index in [4.69, 9.17) is 28.2 Å². The summed E-state index contributed by atoms with van der Waals surface area (Å²) in [7, 11) is 0. The molecule has 9 heteroatoms. The van der Waals surface area contributed by atoms with Gasteiger partial charge in [-0.2, -0.15) is 15.0 Å². The van der Waals surface area contributed by atoms with E-state index in [1.54, 1.807) is 0 Å². The fourth-order valence-corrected chi connectivity index (χ4v) is 5.24. The van der Waals surface area contributed by atoms with E-state index in [0.29, 0.717) is 39.9 Å². The molecule has 1 aromatic carbocycles. The number of hydrogen-bond donors (Lipinski definition) is 4. The van der Waals surface area contributed by atoms with Gasteiger partial charge < -0.3 is 21.3 Å². The average Bonchev–Trinajstić information content (AvgIpc) is 3.35. The first-order valence-corrected chi connectivity index (χ1v) is 13.0. The van der Waals surface area contributed by atoms with Gasteiger partial charge in [-0.15, -0.1) is 0 Å². The summed E-state index contributed by atoms with van der Waals surface area (Å²) in [5.41, 5.74) is 1.60. The Balaban J connectivity index is 1.54. The van der Waals surface area contributed by atoms with Gasteiger partial charge in [0.05, 0.1) is 0 Å². The largest absolute Gasteiger partial charge is 0.354 e. The maximum Gasteiger partial charge on any atom is 0.233 e. The van der Waals surface area contributed by atoms with Crippen LogP contribution in [-0.4, -0.2) is 40.1 Å². The molecular formula is C24H35Cl2N7. The molecule has 2 heterocycles. The minimum Gasteiger partial charge on any atom is -0.354 e. The van der Waals surface area contributed by atoms with E-state index >= 15 is 0 Å². The monoisotopic (exact) mass is 491 g/mol. The maximum absolute atomic E-state index is 6.33. The van der Waals surface area contributed by atoms with Gasteiger partial charge in [0.25, 0.3) is 0 Å². The van der Waals surface area contributed by atoms with Gasteiger partial charge in [0.2, 0.25) is 17.8 Å². The van der Waals surface area contributed by atoms with Crippen LogP contribution in [-0.2, 0) is 0 Å². The summed E-state index contributed by atoms with van der Waals surface area (Å²) in [4.78, 5) is 14.0. The first-order valence-electron chi connectivity index (χ1n) is 12.2. The van der Waals surface area contributed by atoms with Gasteiger partial charge in [-0.1, -0.05) is 49.4 Å². The van der Waals surface area contributed by atoms with Crippen molar-refractivity contribution in [2.24, 2.45) is 5.92 Å². The molecule has 0 spiro atoms. The van der Waals surface area contributed by atoms with Crippen molar-refractivity contribution >= 4 is 46.7 Å². The summed E-state index contributed by atoms with van der Waals surface area (Å²) < 4.78 is 0. The summed E-state index contributed by atoms with van der Waals surface area (Å²) >= 11 is 12.7. The number of hydrogen-bond acceptors (Lipinski definition) is 7. The molecule has 2 fully saturated rings. The van der Waals surface area contributed by atoms with E-state index in [9.17, 15) is 0 Å². The van der Waals surface area contributed by atoms with Crippen LogP contribution < -0.4 is 21.3 Å². The number of nitrogens with zero attached hydrogens (tertiary/aromatic N) is 3. The van der Waals surface area contributed by atoms with Crippen LogP contribution in [0, 0.1) is 12.8 Å². The lowest BCUT2D eigenvalue weighted by Gasteiger charge is -2.24. The average molecular weight is 492 g/mol. The van der Waals surface area contributed by atoms with Gasteiger partial charge in [0.15, 0.2) is 0 Å². The van der Waals surface area contributed by atoms with Gasteiger partial charge in [-0.25, -0.2) is 0 Å². The molecule has 1 saturated carbocycles. The third-order valence-electron chi connectivity index (χ3n) is 6.78. The van der Waals surface area contributed by atoms with E-state index in [0.717, 1.165) is 37.2 Å². The minimum absolute atomic E-state index is 0.261. The SMILES string of the molecule is CCC(Nc1nc(NCC2CCCCC2)nc(Nc2cc(Cl)c(C)c(Cl)c2)n1)C1CCCN1. The topological polar surface area (TPSA) is 86.8 Å². The highest BCUT2D eigenvalue weighted by Gasteiger charge is 2.24. The Kier molecular flexibility index (Phi) is 8.50. The highest BCUT2D eigenvalue weighted by atomic mass is 35.5. The zero-order chi connectivity index (χ0) is 23.2. The summed E-state index contributed by atoms with van der Waals surface area (Å²) in [6.07, 6.45) is 9.85. The summed E-state index contributed by atoms with van der Waals surface area (Å²) in [6, 6.07) is 4.37. The highest BCUT2D eigenvalue weighted by molar-refractivity contribution is 6.36. The number of aromatic nitrogens is 3. The summed E-state index contributed by atoms with van der Waals surface area (Å²) in [5.74, 6) is 2.29. The maximum atomic E-state index is 6.33. The lowest BCUT2D eigenvalue weighted by molar-refractivity contribution is 0.373. The molecule has 7 nitrogen and oxygen atoms in total. The third kappa shape index (κ3) is 6.61. The molecule has 33 heavy (non-hydrogen) atoms. The Morgan fingerprint density at radius 2 is 1.67 bits per heavy atom. The normalized spacial score (nSPS) is 19.9. The standard InChI is InChI=1S/C24H35Cl2N7/c1-3-20(21-10-7-11-27-21)30-24-32-22(28-14-16-8-5-4-6-9-16)31-23(33-24)29-17-12-18(25)15(2)19(26)13-17/h12-13,16,20-21,27H,3-11,14H2,1-2H3,(H3,28,29,30,31,32,33). The first kappa shape index (κ1) is 24.3. The second kappa shape index (κ2) is 11.5. The van der Waals surface area contributed by atoms with Crippen molar-refractivity contribution in [1.82, 2.24) is 20.3 Å². The van der Waals surface area contributed by atoms with Gasteiger partial charge in [0.1, 0.15) is 0 Å². The molecule has 1 aliphatic heterocycles. The predicted octanol–water partition coefficient (Wildman–Crippen LogP) is 6.17. The fraction of sp³-hybridized carbons (Fsp3) is 0.625. The number of benzene rings is 1. The van der Waals surface area contributed by atoms with Crippen LogP contribution in [0.3, 0.4) is 0 Å². The second-order valence-corrected chi connectivity index (χ2v) is 10.1. The molecule has 0 bridgehead atoms. The predicted molar refractivity (Wildman–Crippen MR) is 138 cm³/mol. The van der Waals surface area contributed by atoms with Crippen LogP contribution >= 0.6 is 23.2 Å². The Bertz CT molecular complexity index is 904. The molecule has 0 radical (unpaired) electrons. The van der Waals surface area contributed by atoms with E-state index in [1.165, 1.54) is 38.5 Å². The van der Waals surface area contributed by atoms with Crippen LogP contribution in [0.4, 0.5) is 23.5 Å². The molecule has 1 saturated heterocycles. The number of nitrogens with one attached hydrogen (secondary N) is 4. The molecule has 0 amide bonds. The fourth-order valence-electron chi connectivity index (χ4n) is 4.76. The summed E-state index contributed by atoms with van der Waals surface area (Å²) in [5, 5.41) is 15.1.